The number of nitrogens with one attached hydrogen (secondary N) is 2. The van der Waals surface area contributed by atoms with E-state index in [4.69, 9.17) is 9.47 Å². The van der Waals surface area contributed by atoms with Crippen molar-refractivity contribution in [1.29, 1.82) is 0 Å². The lowest BCUT2D eigenvalue weighted by atomic mass is 10.1. The summed E-state index contributed by atoms with van der Waals surface area (Å²) in [6.45, 7) is 17.2. The smallest absolute Gasteiger partial charge is 0.0701 e. The van der Waals surface area contributed by atoms with Crippen molar-refractivity contribution >= 4 is 0 Å². The Morgan fingerprint density at radius 3 is 2.41 bits per heavy atom. The molecule has 1 aliphatic rings. The molecule has 5 nitrogen and oxygen atoms in total. The maximum Gasteiger partial charge on any atom is 0.0701 e. The molecule has 22 heavy (non-hydrogen) atoms. The van der Waals surface area contributed by atoms with Crippen LogP contribution in [-0.2, 0) is 9.47 Å². The lowest BCUT2D eigenvalue weighted by Gasteiger charge is -2.40. The third kappa shape index (κ3) is 9.74. The Morgan fingerprint density at radius 1 is 1.09 bits per heavy atom. The van der Waals surface area contributed by atoms with E-state index in [0.717, 1.165) is 51.9 Å². The molecule has 0 spiro atoms. The fourth-order valence-corrected chi connectivity index (χ4v) is 2.48. The molecule has 0 aliphatic carbocycles. The zero-order chi connectivity index (χ0) is 16.2. The minimum atomic E-state index is 0. The van der Waals surface area contributed by atoms with Crippen LogP contribution in [0.2, 0.25) is 0 Å². The fourth-order valence-electron chi connectivity index (χ4n) is 2.48. The second kappa shape index (κ2) is 12.3. The number of nitrogens with zero attached hydrogens (tertiary/aromatic N) is 1. The summed E-state index contributed by atoms with van der Waals surface area (Å²) < 4.78 is 11.2. The summed E-state index contributed by atoms with van der Waals surface area (Å²) in [6, 6.07) is 1.26. The van der Waals surface area contributed by atoms with Gasteiger partial charge in [-0.25, -0.2) is 0 Å². The average Bonchev–Trinajstić information content (AvgIpc) is 2.45. The van der Waals surface area contributed by atoms with Crippen LogP contribution in [-0.4, -0.2) is 76.1 Å². The summed E-state index contributed by atoms with van der Waals surface area (Å²) >= 11 is 0. The highest BCUT2D eigenvalue weighted by atomic mass is 16.5. The van der Waals surface area contributed by atoms with Crippen molar-refractivity contribution in [3.63, 3.8) is 0 Å². The van der Waals surface area contributed by atoms with Crippen LogP contribution >= 0.6 is 0 Å². The second-order valence-electron chi connectivity index (χ2n) is 6.72. The molecule has 0 aromatic carbocycles. The van der Waals surface area contributed by atoms with Crippen LogP contribution in [0.1, 0.15) is 37.0 Å². The van der Waals surface area contributed by atoms with Crippen LogP contribution in [0.5, 0.6) is 0 Å². The average molecular weight is 320 g/mol. The summed E-state index contributed by atoms with van der Waals surface area (Å²) in [6.07, 6.45) is 1.23. The minimum absolute atomic E-state index is 0. The molecule has 1 aliphatic heterocycles. The zero-order valence-corrected chi connectivity index (χ0v) is 15.1. The molecule has 5 heteroatoms. The van der Waals surface area contributed by atoms with Crippen molar-refractivity contribution in [2.75, 3.05) is 59.2 Å². The zero-order valence-electron chi connectivity index (χ0n) is 15.1. The first-order valence-electron chi connectivity index (χ1n) is 8.96. The highest BCUT2D eigenvalue weighted by molar-refractivity contribution is 4.86. The van der Waals surface area contributed by atoms with Crippen LogP contribution < -0.4 is 10.6 Å². The predicted octanol–water partition coefficient (Wildman–Crippen LogP) is 1.83. The third-order valence-corrected chi connectivity index (χ3v) is 4.06. The Kier molecular flexibility index (Phi) is 11.1. The van der Waals surface area contributed by atoms with Crippen LogP contribution in [0.4, 0.5) is 0 Å². The number of ether oxygens (including phenoxy) is 2. The first kappa shape index (κ1) is 19.8. The SMILES string of the molecule is CCC(C)CNCCOCCOCCN1CC(NC(C)C)C1.[HH].[HH]. The van der Waals surface area contributed by atoms with Crippen molar-refractivity contribution in [3.8, 4) is 0 Å². The Morgan fingerprint density at radius 2 is 1.77 bits per heavy atom. The molecule has 0 aromatic rings. The summed E-state index contributed by atoms with van der Waals surface area (Å²) in [5.74, 6) is 0.750. The quantitative estimate of drug-likeness (QED) is 0.478. The standard InChI is InChI=1S/C17H37N3O2.2H2/c1-5-16(4)12-18-6-8-21-10-11-22-9-7-20-13-17(14-20)19-15(2)3;;/h15-19H,5-14H2,1-4H3;2*1H. The molecule has 2 N–H and O–H groups in total. The monoisotopic (exact) mass is 319 g/mol. The van der Waals surface area contributed by atoms with Gasteiger partial charge in [0.1, 0.15) is 0 Å². The van der Waals surface area contributed by atoms with E-state index in [1.165, 1.54) is 6.42 Å². The number of rotatable bonds is 14. The van der Waals surface area contributed by atoms with E-state index in [1.807, 2.05) is 0 Å². The largest absolute Gasteiger partial charge is 0.378 e. The van der Waals surface area contributed by atoms with Crippen molar-refractivity contribution in [2.45, 2.75) is 46.2 Å². The maximum absolute atomic E-state index is 5.61. The van der Waals surface area contributed by atoms with E-state index in [-0.39, 0.29) is 2.85 Å². The van der Waals surface area contributed by atoms with Gasteiger partial charge >= 0.3 is 0 Å². The molecule has 136 valence electrons. The van der Waals surface area contributed by atoms with Gasteiger partial charge in [-0.1, -0.05) is 34.1 Å². The molecular formula is C17H41N3O2. The van der Waals surface area contributed by atoms with Gasteiger partial charge in [0, 0.05) is 41.1 Å². The van der Waals surface area contributed by atoms with E-state index in [1.54, 1.807) is 0 Å². The van der Waals surface area contributed by atoms with Crippen LogP contribution in [0.25, 0.3) is 0 Å². The molecule has 1 rings (SSSR count). The van der Waals surface area contributed by atoms with E-state index >= 15 is 0 Å². The predicted molar refractivity (Wildman–Crippen MR) is 96.7 cm³/mol. The highest BCUT2D eigenvalue weighted by Crippen LogP contribution is 2.07. The van der Waals surface area contributed by atoms with Gasteiger partial charge in [0.25, 0.3) is 0 Å². The number of likely N-dealkylation sites (tertiary alicyclic amines) is 1. The number of hydrogen-bond donors (Lipinski definition) is 2. The van der Waals surface area contributed by atoms with Gasteiger partial charge < -0.3 is 20.1 Å². The van der Waals surface area contributed by atoms with E-state index in [0.29, 0.717) is 25.3 Å². The molecule has 1 atom stereocenters. The van der Waals surface area contributed by atoms with Crippen LogP contribution in [0.3, 0.4) is 0 Å². The van der Waals surface area contributed by atoms with Gasteiger partial charge in [-0.05, 0) is 12.5 Å². The summed E-state index contributed by atoms with van der Waals surface area (Å²) in [7, 11) is 0. The molecular weight excluding hydrogens is 278 g/mol. The van der Waals surface area contributed by atoms with Crippen molar-refractivity contribution in [2.24, 2.45) is 5.92 Å². The van der Waals surface area contributed by atoms with Crippen molar-refractivity contribution < 1.29 is 12.3 Å². The van der Waals surface area contributed by atoms with E-state index in [9.17, 15) is 0 Å². The number of hydrogen-bond acceptors (Lipinski definition) is 5. The second-order valence-corrected chi connectivity index (χ2v) is 6.72. The van der Waals surface area contributed by atoms with Crippen molar-refractivity contribution in [3.05, 3.63) is 0 Å². The van der Waals surface area contributed by atoms with E-state index < -0.39 is 0 Å². The molecule has 0 aromatic heterocycles. The molecule has 0 saturated carbocycles. The van der Waals surface area contributed by atoms with E-state index in [2.05, 4.69) is 43.2 Å². The molecule has 0 bridgehead atoms. The summed E-state index contributed by atoms with van der Waals surface area (Å²) in [5.41, 5.74) is 0. The van der Waals surface area contributed by atoms with Crippen LogP contribution in [0.15, 0.2) is 0 Å². The molecule has 0 radical (unpaired) electrons. The Labute approximate surface area is 140 Å². The normalized spacial score (nSPS) is 17.9. The maximum atomic E-state index is 5.61. The molecule has 1 fully saturated rings. The minimum Gasteiger partial charge on any atom is -0.378 e. The van der Waals surface area contributed by atoms with Gasteiger partial charge in [-0.3, -0.25) is 4.90 Å². The Bertz CT molecular complexity index is 268. The molecule has 1 heterocycles. The first-order valence-corrected chi connectivity index (χ1v) is 8.96. The molecule has 1 saturated heterocycles. The van der Waals surface area contributed by atoms with Gasteiger partial charge in [-0.2, -0.15) is 0 Å². The van der Waals surface area contributed by atoms with Gasteiger partial charge in [0.05, 0.1) is 26.4 Å². The lowest BCUT2D eigenvalue weighted by molar-refractivity contribution is 0.0248. The Balaban J connectivity index is 0. The summed E-state index contributed by atoms with van der Waals surface area (Å²) in [4.78, 5) is 2.43. The Hall–Kier alpha value is -0.200. The molecule has 1 unspecified atom stereocenters. The third-order valence-electron chi connectivity index (χ3n) is 4.06. The molecule has 0 amide bonds. The van der Waals surface area contributed by atoms with Crippen molar-refractivity contribution in [1.82, 2.24) is 15.5 Å². The lowest BCUT2D eigenvalue weighted by Crippen LogP contribution is -2.59. The van der Waals surface area contributed by atoms with Gasteiger partial charge in [0.15, 0.2) is 0 Å². The first-order chi connectivity index (χ1) is 10.6. The summed E-state index contributed by atoms with van der Waals surface area (Å²) in [5, 5.41) is 6.95. The topological polar surface area (TPSA) is 45.8 Å². The van der Waals surface area contributed by atoms with Gasteiger partial charge in [0.2, 0.25) is 0 Å². The fraction of sp³-hybridized carbons (Fsp3) is 1.00. The van der Waals surface area contributed by atoms with Gasteiger partial charge in [-0.15, -0.1) is 0 Å². The highest BCUT2D eigenvalue weighted by Gasteiger charge is 2.25. The van der Waals surface area contributed by atoms with Crippen LogP contribution in [0, 0.1) is 5.92 Å².